The summed E-state index contributed by atoms with van der Waals surface area (Å²) >= 11 is 0. The molecule has 114 valence electrons. The van der Waals surface area contributed by atoms with Crippen LogP contribution in [0, 0.1) is 5.92 Å². The van der Waals surface area contributed by atoms with E-state index in [2.05, 4.69) is 11.9 Å². The number of hydrogen-bond acceptors (Lipinski definition) is 3. The highest BCUT2D eigenvalue weighted by Gasteiger charge is 2.31. The number of amides is 1. The van der Waals surface area contributed by atoms with Gasteiger partial charge in [-0.05, 0) is 34.0 Å². The van der Waals surface area contributed by atoms with E-state index < -0.39 is 5.92 Å². The number of ketones is 1. The van der Waals surface area contributed by atoms with E-state index in [9.17, 15) is 9.59 Å². The fraction of sp³-hybridized carbons (Fsp3) is 0.412. The third kappa shape index (κ3) is 5.52. The highest BCUT2D eigenvalue weighted by molar-refractivity contribution is 6.12. The molecular formula is C17H24N2O2. The Morgan fingerprint density at radius 3 is 2.38 bits per heavy atom. The van der Waals surface area contributed by atoms with Crippen LogP contribution in [0.4, 0.5) is 0 Å². The Balaban J connectivity index is 0.000000491. The van der Waals surface area contributed by atoms with Gasteiger partial charge >= 0.3 is 0 Å². The van der Waals surface area contributed by atoms with Crippen molar-refractivity contribution in [2.75, 3.05) is 27.7 Å². The van der Waals surface area contributed by atoms with Crippen molar-refractivity contribution in [1.29, 1.82) is 0 Å². The molecule has 0 saturated carbocycles. The molecule has 1 unspecified atom stereocenters. The molecular weight excluding hydrogens is 264 g/mol. The summed E-state index contributed by atoms with van der Waals surface area (Å²) < 4.78 is 0. The standard InChI is InChI=1S/C14H15NO2.C3H9N/c1-10-6-5-9-15-14(17)12(10)13(16)11-7-3-2-4-8-11;1-4(2)3/h2-4,7-8,12H,1,5-6,9H2,(H,15,17);1-3H3. The molecule has 1 heterocycles. The molecule has 0 radical (unpaired) electrons. The number of Topliss-reactive ketones (excluding diaryl/α,β-unsaturated/α-hetero) is 1. The molecule has 1 aliphatic heterocycles. The largest absolute Gasteiger partial charge is 0.355 e. The maximum Gasteiger partial charge on any atom is 0.235 e. The minimum atomic E-state index is -0.722. The third-order valence-corrected chi connectivity index (χ3v) is 2.96. The van der Waals surface area contributed by atoms with E-state index in [4.69, 9.17) is 0 Å². The van der Waals surface area contributed by atoms with Gasteiger partial charge in [0.2, 0.25) is 5.91 Å². The molecule has 0 aliphatic carbocycles. The summed E-state index contributed by atoms with van der Waals surface area (Å²) in [5, 5.41) is 2.76. The van der Waals surface area contributed by atoms with E-state index in [0.717, 1.165) is 12.8 Å². The quantitative estimate of drug-likeness (QED) is 0.515. The van der Waals surface area contributed by atoms with Gasteiger partial charge in [0.15, 0.2) is 5.78 Å². The van der Waals surface area contributed by atoms with Gasteiger partial charge in [-0.1, -0.05) is 42.5 Å². The first-order valence-electron chi connectivity index (χ1n) is 7.09. The Kier molecular flexibility index (Phi) is 6.82. The van der Waals surface area contributed by atoms with Gasteiger partial charge in [-0.2, -0.15) is 0 Å². The van der Waals surface area contributed by atoms with Crippen LogP contribution in [-0.2, 0) is 4.79 Å². The van der Waals surface area contributed by atoms with Crippen molar-refractivity contribution in [3.63, 3.8) is 0 Å². The average molecular weight is 288 g/mol. The summed E-state index contributed by atoms with van der Waals surface area (Å²) in [5.74, 6) is -1.10. The number of benzene rings is 1. The molecule has 1 atom stereocenters. The molecule has 1 aromatic rings. The molecule has 2 rings (SSSR count). The van der Waals surface area contributed by atoms with Crippen LogP contribution in [0.1, 0.15) is 23.2 Å². The number of carbonyl (C=O) groups excluding carboxylic acids is 2. The lowest BCUT2D eigenvalue weighted by Crippen LogP contribution is -2.34. The van der Waals surface area contributed by atoms with Crippen molar-refractivity contribution in [3.05, 3.63) is 48.0 Å². The zero-order valence-corrected chi connectivity index (χ0v) is 13.1. The molecule has 0 aromatic heterocycles. The molecule has 0 bridgehead atoms. The Labute approximate surface area is 126 Å². The van der Waals surface area contributed by atoms with Crippen LogP contribution >= 0.6 is 0 Å². The lowest BCUT2D eigenvalue weighted by molar-refractivity contribution is -0.122. The van der Waals surface area contributed by atoms with Gasteiger partial charge in [0, 0.05) is 12.1 Å². The van der Waals surface area contributed by atoms with Gasteiger partial charge in [-0.25, -0.2) is 0 Å². The van der Waals surface area contributed by atoms with E-state index in [1.807, 2.05) is 32.1 Å². The highest BCUT2D eigenvalue weighted by Crippen LogP contribution is 2.22. The lowest BCUT2D eigenvalue weighted by Gasteiger charge is -2.14. The fourth-order valence-electron chi connectivity index (χ4n) is 2.03. The molecule has 1 aromatic carbocycles. The first-order chi connectivity index (χ1) is 9.93. The molecule has 4 nitrogen and oxygen atoms in total. The topological polar surface area (TPSA) is 49.4 Å². The molecule has 0 spiro atoms. The molecule has 21 heavy (non-hydrogen) atoms. The van der Waals surface area contributed by atoms with Gasteiger partial charge in [0.1, 0.15) is 5.92 Å². The van der Waals surface area contributed by atoms with Crippen LogP contribution in [0.3, 0.4) is 0 Å². The van der Waals surface area contributed by atoms with Crippen molar-refractivity contribution in [2.24, 2.45) is 5.92 Å². The van der Waals surface area contributed by atoms with Crippen molar-refractivity contribution in [2.45, 2.75) is 12.8 Å². The van der Waals surface area contributed by atoms with Gasteiger partial charge < -0.3 is 10.2 Å². The second kappa shape index (κ2) is 8.37. The molecule has 1 saturated heterocycles. The summed E-state index contributed by atoms with van der Waals surface area (Å²) in [6.07, 6.45) is 1.57. The van der Waals surface area contributed by atoms with E-state index in [-0.39, 0.29) is 11.7 Å². The van der Waals surface area contributed by atoms with Gasteiger partial charge in [0.25, 0.3) is 0 Å². The molecule has 1 fully saturated rings. The maximum absolute atomic E-state index is 12.3. The number of nitrogens with one attached hydrogen (secondary N) is 1. The highest BCUT2D eigenvalue weighted by atomic mass is 16.2. The monoisotopic (exact) mass is 288 g/mol. The number of hydrogen-bond donors (Lipinski definition) is 1. The zero-order chi connectivity index (χ0) is 15.8. The van der Waals surface area contributed by atoms with Gasteiger partial charge in [-0.15, -0.1) is 0 Å². The minimum absolute atomic E-state index is 0.157. The Morgan fingerprint density at radius 1 is 1.24 bits per heavy atom. The van der Waals surface area contributed by atoms with Crippen molar-refractivity contribution in [3.8, 4) is 0 Å². The summed E-state index contributed by atoms with van der Waals surface area (Å²) in [6.45, 7) is 4.49. The second-order valence-electron chi connectivity index (χ2n) is 5.56. The van der Waals surface area contributed by atoms with E-state index in [1.54, 1.807) is 24.3 Å². The summed E-state index contributed by atoms with van der Waals surface area (Å²) in [6, 6.07) is 8.90. The van der Waals surface area contributed by atoms with Crippen molar-refractivity contribution < 1.29 is 9.59 Å². The van der Waals surface area contributed by atoms with Crippen LogP contribution in [-0.4, -0.2) is 44.3 Å². The van der Waals surface area contributed by atoms with Crippen LogP contribution < -0.4 is 5.32 Å². The number of nitrogens with zero attached hydrogens (tertiary/aromatic N) is 1. The van der Waals surface area contributed by atoms with Gasteiger partial charge in [0.05, 0.1) is 0 Å². The fourth-order valence-corrected chi connectivity index (χ4v) is 2.03. The van der Waals surface area contributed by atoms with Crippen LogP contribution in [0.2, 0.25) is 0 Å². The predicted octanol–water partition coefficient (Wildman–Crippen LogP) is 2.13. The smallest absolute Gasteiger partial charge is 0.235 e. The van der Waals surface area contributed by atoms with Crippen LogP contribution in [0.15, 0.2) is 42.5 Å². The summed E-state index contributed by atoms with van der Waals surface area (Å²) in [7, 11) is 6.00. The number of carbonyl (C=O) groups is 2. The zero-order valence-electron chi connectivity index (χ0n) is 13.1. The summed E-state index contributed by atoms with van der Waals surface area (Å²) in [4.78, 5) is 26.1. The van der Waals surface area contributed by atoms with Crippen LogP contribution in [0.25, 0.3) is 0 Å². The molecule has 1 N–H and O–H groups in total. The first kappa shape index (κ1) is 17.1. The maximum atomic E-state index is 12.3. The third-order valence-electron chi connectivity index (χ3n) is 2.96. The van der Waals surface area contributed by atoms with Crippen molar-refractivity contribution >= 4 is 11.7 Å². The molecule has 1 aliphatic rings. The SMILES string of the molecule is C=C1CCCNC(=O)C1C(=O)c1ccccc1.CN(C)C. The Hall–Kier alpha value is -1.94. The van der Waals surface area contributed by atoms with Gasteiger partial charge in [-0.3, -0.25) is 9.59 Å². The molecule has 4 heteroatoms. The van der Waals surface area contributed by atoms with Crippen LogP contribution in [0.5, 0.6) is 0 Å². The van der Waals surface area contributed by atoms with E-state index >= 15 is 0 Å². The van der Waals surface area contributed by atoms with Crippen molar-refractivity contribution in [1.82, 2.24) is 10.2 Å². The Morgan fingerprint density at radius 2 is 1.81 bits per heavy atom. The first-order valence-corrected chi connectivity index (χ1v) is 7.09. The normalized spacial score (nSPS) is 18.4. The Bertz CT molecular complexity index is 474. The minimum Gasteiger partial charge on any atom is -0.355 e. The molecule has 1 amide bonds. The number of rotatable bonds is 2. The van der Waals surface area contributed by atoms with E-state index in [1.165, 1.54) is 0 Å². The van der Waals surface area contributed by atoms with E-state index in [0.29, 0.717) is 17.7 Å². The summed E-state index contributed by atoms with van der Waals surface area (Å²) in [5.41, 5.74) is 1.28. The average Bonchev–Trinajstić information content (AvgIpc) is 2.60. The lowest BCUT2D eigenvalue weighted by atomic mass is 9.89. The second-order valence-corrected chi connectivity index (χ2v) is 5.56. The predicted molar refractivity (Wildman–Crippen MR) is 85.3 cm³/mol.